The first-order valence-electron chi connectivity index (χ1n) is 5.34. The summed E-state index contributed by atoms with van der Waals surface area (Å²) in [6, 6.07) is 7.82. The van der Waals surface area contributed by atoms with Crippen LogP contribution < -0.4 is 5.73 Å². The molecule has 1 aliphatic rings. The quantitative estimate of drug-likeness (QED) is 0.730. The molecule has 0 atom stereocenters. The highest BCUT2D eigenvalue weighted by molar-refractivity contribution is 5.48. The van der Waals surface area contributed by atoms with Gasteiger partial charge >= 0.3 is 0 Å². The molecule has 1 aromatic carbocycles. The lowest BCUT2D eigenvalue weighted by Crippen LogP contribution is -2.11. The van der Waals surface area contributed by atoms with E-state index in [9.17, 15) is 0 Å². The van der Waals surface area contributed by atoms with Gasteiger partial charge in [0.1, 0.15) is 0 Å². The number of hydrogen-bond acceptors (Lipinski definition) is 3. The van der Waals surface area contributed by atoms with Gasteiger partial charge in [-0.1, -0.05) is 6.07 Å². The zero-order valence-electron chi connectivity index (χ0n) is 9.22. The van der Waals surface area contributed by atoms with Crippen LogP contribution in [0.2, 0.25) is 0 Å². The second-order valence-electron chi connectivity index (χ2n) is 4.30. The number of benzene rings is 1. The summed E-state index contributed by atoms with van der Waals surface area (Å²) in [5.41, 5.74) is 10.2. The maximum atomic E-state index is 5.79. The van der Waals surface area contributed by atoms with Crippen LogP contribution in [0, 0.1) is 0 Å². The number of anilines is 1. The Morgan fingerprint density at radius 1 is 1.31 bits per heavy atom. The highest BCUT2D eigenvalue weighted by Gasteiger charge is 2.21. The third-order valence-corrected chi connectivity index (χ3v) is 2.93. The van der Waals surface area contributed by atoms with E-state index in [1.807, 2.05) is 35.1 Å². The van der Waals surface area contributed by atoms with Crippen LogP contribution in [0.4, 0.5) is 5.69 Å². The van der Waals surface area contributed by atoms with E-state index in [4.69, 9.17) is 5.73 Å². The van der Waals surface area contributed by atoms with E-state index >= 15 is 0 Å². The highest BCUT2D eigenvalue weighted by atomic mass is 15.3. The summed E-state index contributed by atoms with van der Waals surface area (Å²) in [6.45, 7) is 1.93. The standard InChI is InChI=1S/C12H14N4/c1-15-7-9-6-14-16(12(9)8-15)11-4-2-3-10(13)5-11/h2-6H,7-8,13H2,1H3. The van der Waals surface area contributed by atoms with Gasteiger partial charge in [-0.25, -0.2) is 4.68 Å². The predicted octanol–water partition coefficient (Wildman–Crippen LogP) is 1.40. The van der Waals surface area contributed by atoms with E-state index in [1.54, 1.807) is 0 Å². The Morgan fingerprint density at radius 2 is 2.19 bits per heavy atom. The van der Waals surface area contributed by atoms with Crippen LogP contribution in [-0.2, 0) is 13.1 Å². The van der Waals surface area contributed by atoms with Crippen molar-refractivity contribution >= 4 is 5.69 Å². The number of fused-ring (bicyclic) bond motifs is 1. The number of nitrogens with two attached hydrogens (primary N) is 1. The summed E-state index contributed by atoms with van der Waals surface area (Å²) in [5, 5.41) is 4.42. The fourth-order valence-electron chi connectivity index (χ4n) is 2.19. The molecule has 3 rings (SSSR count). The normalized spacial score (nSPS) is 15.3. The van der Waals surface area contributed by atoms with E-state index in [1.165, 1.54) is 11.3 Å². The first-order valence-corrected chi connectivity index (χ1v) is 5.34. The van der Waals surface area contributed by atoms with Gasteiger partial charge in [0.25, 0.3) is 0 Å². The van der Waals surface area contributed by atoms with Crippen molar-refractivity contribution in [2.45, 2.75) is 13.1 Å². The summed E-state index contributed by atoms with van der Waals surface area (Å²) < 4.78 is 1.98. The molecule has 4 heteroatoms. The smallest absolute Gasteiger partial charge is 0.0669 e. The van der Waals surface area contributed by atoms with Gasteiger partial charge in [-0.05, 0) is 25.2 Å². The molecule has 0 radical (unpaired) electrons. The molecule has 2 heterocycles. The molecule has 0 unspecified atom stereocenters. The van der Waals surface area contributed by atoms with Gasteiger partial charge in [0.05, 0.1) is 17.6 Å². The number of hydrogen-bond donors (Lipinski definition) is 1. The molecule has 0 saturated heterocycles. The van der Waals surface area contributed by atoms with E-state index in [0.29, 0.717) is 0 Å². The average molecular weight is 214 g/mol. The monoisotopic (exact) mass is 214 g/mol. The first-order chi connectivity index (χ1) is 7.74. The third kappa shape index (κ3) is 1.39. The van der Waals surface area contributed by atoms with Crippen molar-refractivity contribution in [2.75, 3.05) is 12.8 Å². The number of rotatable bonds is 1. The van der Waals surface area contributed by atoms with Gasteiger partial charge in [0.2, 0.25) is 0 Å². The van der Waals surface area contributed by atoms with E-state index in [0.717, 1.165) is 24.5 Å². The minimum Gasteiger partial charge on any atom is -0.399 e. The Labute approximate surface area is 94.3 Å². The van der Waals surface area contributed by atoms with E-state index in [2.05, 4.69) is 17.0 Å². The van der Waals surface area contributed by atoms with Gasteiger partial charge in [-0.3, -0.25) is 4.90 Å². The van der Waals surface area contributed by atoms with Crippen LogP contribution in [-0.4, -0.2) is 21.7 Å². The van der Waals surface area contributed by atoms with Crippen molar-refractivity contribution in [3.05, 3.63) is 41.7 Å². The summed E-state index contributed by atoms with van der Waals surface area (Å²) in [6.07, 6.45) is 1.95. The Bertz CT molecular complexity index is 530. The molecular formula is C12H14N4. The van der Waals surface area contributed by atoms with Crippen molar-refractivity contribution in [1.82, 2.24) is 14.7 Å². The predicted molar refractivity (Wildman–Crippen MR) is 63.1 cm³/mol. The van der Waals surface area contributed by atoms with Crippen molar-refractivity contribution < 1.29 is 0 Å². The zero-order valence-corrected chi connectivity index (χ0v) is 9.22. The summed E-state index contributed by atoms with van der Waals surface area (Å²) in [7, 11) is 2.11. The maximum Gasteiger partial charge on any atom is 0.0669 e. The second-order valence-corrected chi connectivity index (χ2v) is 4.30. The van der Waals surface area contributed by atoms with Crippen LogP contribution in [0.15, 0.2) is 30.5 Å². The van der Waals surface area contributed by atoms with Crippen molar-refractivity contribution in [3.8, 4) is 5.69 Å². The molecular weight excluding hydrogens is 200 g/mol. The Balaban J connectivity index is 2.08. The van der Waals surface area contributed by atoms with Gasteiger partial charge in [0.15, 0.2) is 0 Å². The van der Waals surface area contributed by atoms with Gasteiger partial charge in [-0.15, -0.1) is 0 Å². The summed E-state index contributed by atoms with van der Waals surface area (Å²) in [5.74, 6) is 0. The van der Waals surface area contributed by atoms with Crippen LogP contribution in [0.5, 0.6) is 0 Å². The minimum absolute atomic E-state index is 0.771. The van der Waals surface area contributed by atoms with Crippen molar-refractivity contribution in [1.29, 1.82) is 0 Å². The molecule has 0 fully saturated rings. The fourth-order valence-corrected chi connectivity index (χ4v) is 2.19. The van der Waals surface area contributed by atoms with Crippen LogP contribution in [0.1, 0.15) is 11.3 Å². The van der Waals surface area contributed by atoms with Gasteiger partial charge < -0.3 is 5.73 Å². The number of nitrogen functional groups attached to an aromatic ring is 1. The molecule has 16 heavy (non-hydrogen) atoms. The highest BCUT2D eigenvalue weighted by Crippen LogP contribution is 2.24. The molecule has 0 aliphatic carbocycles. The number of aromatic nitrogens is 2. The fraction of sp³-hybridized carbons (Fsp3) is 0.250. The SMILES string of the molecule is CN1Cc2cnn(-c3cccc(N)c3)c2C1. The van der Waals surface area contributed by atoms with Crippen LogP contribution in [0.25, 0.3) is 5.69 Å². The largest absolute Gasteiger partial charge is 0.399 e. The Hall–Kier alpha value is -1.81. The molecule has 2 N–H and O–H groups in total. The minimum atomic E-state index is 0.771. The molecule has 0 saturated carbocycles. The average Bonchev–Trinajstić information content (AvgIpc) is 2.76. The lowest BCUT2D eigenvalue weighted by molar-refractivity contribution is 0.346. The maximum absolute atomic E-state index is 5.79. The third-order valence-electron chi connectivity index (χ3n) is 2.93. The summed E-state index contributed by atoms with van der Waals surface area (Å²) >= 11 is 0. The zero-order chi connectivity index (χ0) is 11.1. The first kappa shape index (κ1) is 9.42. The lowest BCUT2D eigenvalue weighted by Gasteiger charge is -2.08. The van der Waals surface area contributed by atoms with Gasteiger partial charge in [0, 0.05) is 24.3 Å². The molecule has 1 aromatic heterocycles. The van der Waals surface area contributed by atoms with Gasteiger partial charge in [-0.2, -0.15) is 5.10 Å². The van der Waals surface area contributed by atoms with Crippen LogP contribution >= 0.6 is 0 Å². The molecule has 4 nitrogen and oxygen atoms in total. The van der Waals surface area contributed by atoms with Crippen molar-refractivity contribution in [2.24, 2.45) is 0 Å². The molecule has 0 bridgehead atoms. The Morgan fingerprint density at radius 3 is 3.00 bits per heavy atom. The molecule has 82 valence electrons. The summed E-state index contributed by atoms with van der Waals surface area (Å²) in [4.78, 5) is 2.27. The lowest BCUT2D eigenvalue weighted by atomic mass is 10.2. The van der Waals surface area contributed by atoms with Crippen LogP contribution in [0.3, 0.4) is 0 Å². The molecule has 2 aromatic rings. The van der Waals surface area contributed by atoms with E-state index in [-0.39, 0.29) is 0 Å². The Kier molecular flexibility index (Phi) is 1.97. The second kappa shape index (κ2) is 3.35. The molecule has 0 amide bonds. The molecule has 1 aliphatic heterocycles. The van der Waals surface area contributed by atoms with E-state index < -0.39 is 0 Å². The number of nitrogens with zero attached hydrogens (tertiary/aromatic N) is 3. The molecule has 0 spiro atoms. The topological polar surface area (TPSA) is 47.1 Å². The van der Waals surface area contributed by atoms with Crippen molar-refractivity contribution in [3.63, 3.8) is 0 Å².